The van der Waals surface area contributed by atoms with Gasteiger partial charge in [0.1, 0.15) is 0 Å². The van der Waals surface area contributed by atoms with Crippen LogP contribution < -0.4 is 10.6 Å². The minimum atomic E-state index is -0.207. The third-order valence-electron chi connectivity index (χ3n) is 2.03. The van der Waals surface area contributed by atoms with Gasteiger partial charge in [-0.3, -0.25) is 10.00 Å². The van der Waals surface area contributed by atoms with Crippen LogP contribution in [-0.4, -0.2) is 22.4 Å². The Labute approximate surface area is 89.9 Å². The molecule has 1 aromatic rings. The van der Waals surface area contributed by atoms with Gasteiger partial charge in [-0.2, -0.15) is 5.10 Å². The Morgan fingerprint density at radius 1 is 1.60 bits per heavy atom. The van der Waals surface area contributed by atoms with Gasteiger partial charge in [-0.05, 0) is 12.8 Å². The molecule has 1 heterocycles. The van der Waals surface area contributed by atoms with Crippen LogP contribution in [0.2, 0.25) is 0 Å². The molecule has 0 aliphatic heterocycles. The molecule has 84 valence electrons. The van der Waals surface area contributed by atoms with E-state index in [-0.39, 0.29) is 6.03 Å². The van der Waals surface area contributed by atoms with Gasteiger partial charge in [-0.25, -0.2) is 4.79 Å². The largest absolute Gasteiger partial charge is 0.338 e. The summed E-state index contributed by atoms with van der Waals surface area (Å²) in [5.74, 6) is 1.03. The zero-order chi connectivity index (χ0) is 11.4. The molecule has 5 nitrogen and oxygen atoms in total. The fraction of sp³-hybridized carbons (Fsp3) is 0.600. The first-order valence-electron chi connectivity index (χ1n) is 5.04. The maximum Gasteiger partial charge on any atom is 0.320 e. The van der Waals surface area contributed by atoms with Crippen molar-refractivity contribution >= 4 is 11.8 Å². The highest BCUT2D eigenvalue weighted by Gasteiger charge is 2.05. The molecule has 0 bridgehead atoms. The molecule has 0 unspecified atom stereocenters. The molecule has 0 atom stereocenters. The van der Waals surface area contributed by atoms with Gasteiger partial charge in [0, 0.05) is 25.4 Å². The second-order valence-electron chi connectivity index (χ2n) is 4.02. The van der Waals surface area contributed by atoms with E-state index in [9.17, 15) is 4.79 Å². The highest BCUT2D eigenvalue weighted by molar-refractivity contribution is 5.88. The number of rotatable bonds is 3. The normalized spacial score (nSPS) is 10.5. The fourth-order valence-corrected chi connectivity index (χ4v) is 1.08. The smallest absolute Gasteiger partial charge is 0.320 e. The summed E-state index contributed by atoms with van der Waals surface area (Å²) < 4.78 is 1.72. The van der Waals surface area contributed by atoms with Gasteiger partial charge in [0.15, 0.2) is 5.82 Å². The minimum absolute atomic E-state index is 0.207. The van der Waals surface area contributed by atoms with Gasteiger partial charge < -0.3 is 5.32 Å². The van der Waals surface area contributed by atoms with Crippen molar-refractivity contribution in [2.24, 2.45) is 13.0 Å². The molecule has 0 spiro atoms. The van der Waals surface area contributed by atoms with Gasteiger partial charge in [-0.15, -0.1) is 0 Å². The monoisotopic (exact) mass is 210 g/mol. The van der Waals surface area contributed by atoms with E-state index in [4.69, 9.17) is 0 Å². The van der Waals surface area contributed by atoms with Crippen LogP contribution in [0.3, 0.4) is 0 Å². The van der Waals surface area contributed by atoms with Crippen molar-refractivity contribution in [3.8, 4) is 0 Å². The third kappa shape index (κ3) is 3.61. The number of nitrogens with one attached hydrogen (secondary N) is 2. The summed E-state index contributed by atoms with van der Waals surface area (Å²) in [5, 5.41) is 9.56. The zero-order valence-electron chi connectivity index (χ0n) is 9.66. The van der Waals surface area contributed by atoms with Crippen LogP contribution in [0.4, 0.5) is 10.6 Å². The van der Waals surface area contributed by atoms with Crippen molar-refractivity contribution in [2.45, 2.75) is 20.8 Å². The summed E-state index contributed by atoms with van der Waals surface area (Å²) in [5.41, 5.74) is 1.01. The van der Waals surface area contributed by atoms with Crippen molar-refractivity contribution in [1.82, 2.24) is 15.1 Å². The predicted molar refractivity (Wildman–Crippen MR) is 59.8 cm³/mol. The van der Waals surface area contributed by atoms with E-state index < -0.39 is 0 Å². The Balaban J connectivity index is 2.44. The summed E-state index contributed by atoms with van der Waals surface area (Å²) in [7, 11) is 1.84. The van der Waals surface area contributed by atoms with Crippen molar-refractivity contribution in [1.29, 1.82) is 0 Å². The van der Waals surface area contributed by atoms with Gasteiger partial charge in [0.2, 0.25) is 0 Å². The number of anilines is 1. The van der Waals surface area contributed by atoms with E-state index in [0.29, 0.717) is 18.3 Å². The maximum atomic E-state index is 11.4. The van der Waals surface area contributed by atoms with Crippen molar-refractivity contribution < 1.29 is 4.79 Å². The van der Waals surface area contributed by atoms with Gasteiger partial charge in [0.25, 0.3) is 0 Å². The zero-order valence-corrected chi connectivity index (χ0v) is 9.66. The summed E-state index contributed by atoms with van der Waals surface area (Å²) in [4.78, 5) is 11.4. The lowest BCUT2D eigenvalue weighted by molar-refractivity contribution is 0.251. The van der Waals surface area contributed by atoms with Crippen LogP contribution in [-0.2, 0) is 7.05 Å². The first-order valence-corrected chi connectivity index (χ1v) is 5.04. The van der Waals surface area contributed by atoms with E-state index in [1.54, 1.807) is 4.68 Å². The molecule has 2 N–H and O–H groups in total. The van der Waals surface area contributed by atoms with E-state index in [1.807, 2.05) is 33.9 Å². The van der Waals surface area contributed by atoms with E-state index in [2.05, 4.69) is 15.7 Å². The summed E-state index contributed by atoms with van der Waals surface area (Å²) >= 11 is 0. The SMILES string of the molecule is Cc1cc(NC(=O)NCC(C)C)nn1C. The molecule has 0 aromatic carbocycles. The Hall–Kier alpha value is -1.52. The maximum absolute atomic E-state index is 11.4. The molecule has 5 heteroatoms. The minimum Gasteiger partial charge on any atom is -0.338 e. The van der Waals surface area contributed by atoms with Crippen LogP contribution in [0.15, 0.2) is 6.07 Å². The van der Waals surface area contributed by atoms with Crippen LogP contribution >= 0.6 is 0 Å². The number of hydrogen-bond acceptors (Lipinski definition) is 2. The molecular formula is C10H18N4O. The Bertz CT molecular complexity index is 324. The van der Waals surface area contributed by atoms with Crippen molar-refractivity contribution in [3.63, 3.8) is 0 Å². The molecule has 15 heavy (non-hydrogen) atoms. The first kappa shape index (κ1) is 11.6. The number of aromatic nitrogens is 2. The highest BCUT2D eigenvalue weighted by atomic mass is 16.2. The fourth-order valence-electron chi connectivity index (χ4n) is 1.08. The predicted octanol–water partition coefficient (Wildman–Crippen LogP) is 1.51. The second kappa shape index (κ2) is 4.82. The Morgan fingerprint density at radius 2 is 2.27 bits per heavy atom. The first-order chi connectivity index (χ1) is 6.99. The van der Waals surface area contributed by atoms with Crippen LogP contribution in [0.1, 0.15) is 19.5 Å². The molecule has 0 aliphatic rings. The quantitative estimate of drug-likeness (QED) is 0.794. The molecule has 0 saturated carbocycles. The standard InChI is InChI=1S/C10H18N4O/c1-7(2)6-11-10(15)12-9-5-8(3)14(4)13-9/h5,7H,6H2,1-4H3,(H2,11,12,13,15). The number of carbonyl (C=O) groups excluding carboxylic acids is 1. The lowest BCUT2D eigenvalue weighted by atomic mass is 10.2. The number of carbonyl (C=O) groups is 1. The average Bonchev–Trinajstić information content (AvgIpc) is 2.42. The van der Waals surface area contributed by atoms with Gasteiger partial charge >= 0.3 is 6.03 Å². The van der Waals surface area contributed by atoms with E-state index in [1.165, 1.54) is 0 Å². The lowest BCUT2D eigenvalue weighted by Crippen LogP contribution is -2.31. The molecule has 0 radical (unpaired) electrons. The third-order valence-corrected chi connectivity index (χ3v) is 2.03. The van der Waals surface area contributed by atoms with Crippen molar-refractivity contribution in [3.05, 3.63) is 11.8 Å². The Kier molecular flexibility index (Phi) is 3.71. The molecule has 0 saturated heterocycles. The molecule has 0 aliphatic carbocycles. The summed E-state index contributed by atoms with van der Waals surface area (Å²) in [6.07, 6.45) is 0. The molecule has 1 aromatic heterocycles. The topological polar surface area (TPSA) is 59.0 Å². The lowest BCUT2D eigenvalue weighted by Gasteiger charge is -2.07. The molecule has 0 fully saturated rings. The summed E-state index contributed by atoms with van der Waals surface area (Å²) in [6, 6.07) is 1.62. The van der Waals surface area contributed by atoms with Crippen LogP contribution in [0.5, 0.6) is 0 Å². The molecular weight excluding hydrogens is 192 g/mol. The van der Waals surface area contributed by atoms with Gasteiger partial charge in [0.05, 0.1) is 0 Å². The van der Waals surface area contributed by atoms with E-state index in [0.717, 1.165) is 5.69 Å². The second-order valence-corrected chi connectivity index (χ2v) is 4.02. The van der Waals surface area contributed by atoms with Crippen LogP contribution in [0, 0.1) is 12.8 Å². The Morgan fingerprint density at radius 3 is 2.73 bits per heavy atom. The number of amides is 2. The van der Waals surface area contributed by atoms with E-state index >= 15 is 0 Å². The average molecular weight is 210 g/mol. The van der Waals surface area contributed by atoms with Crippen molar-refractivity contribution in [2.75, 3.05) is 11.9 Å². The number of nitrogens with zero attached hydrogens (tertiary/aromatic N) is 2. The number of aryl methyl sites for hydroxylation is 2. The highest BCUT2D eigenvalue weighted by Crippen LogP contribution is 2.06. The molecule has 1 rings (SSSR count). The number of hydrogen-bond donors (Lipinski definition) is 2. The number of urea groups is 1. The van der Waals surface area contributed by atoms with Gasteiger partial charge in [-0.1, -0.05) is 13.8 Å². The summed E-state index contributed by atoms with van der Waals surface area (Å²) in [6.45, 7) is 6.69. The molecule has 2 amide bonds. The van der Waals surface area contributed by atoms with Crippen LogP contribution in [0.25, 0.3) is 0 Å².